The van der Waals surface area contributed by atoms with Gasteiger partial charge in [-0.25, -0.2) is 0 Å². The molecule has 27 heavy (non-hydrogen) atoms. The lowest BCUT2D eigenvalue weighted by Gasteiger charge is -2.28. The number of aromatic nitrogens is 2. The molecule has 5 nitrogen and oxygen atoms in total. The molecule has 2 unspecified atom stereocenters. The molecular formula is C22H30N4O. The molecule has 2 fully saturated rings. The van der Waals surface area contributed by atoms with E-state index in [0.717, 1.165) is 30.4 Å². The zero-order chi connectivity index (χ0) is 19.0. The average Bonchev–Trinajstić information content (AvgIpc) is 3.37. The van der Waals surface area contributed by atoms with Crippen LogP contribution in [0.15, 0.2) is 24.3 Å². The number of carbonyl (C=O) groups is 1. The summed E-state index contributed by atoms with van der Waals surface area (Å²) >= 11 is 0. The SMILES string of the molecule is Cc1cc(C(=O)Cc2ccc(N3CCC(N4CCCC4C)C3)cc2C)n[nH]1. The number of nitrogens with one attached hydrogen (secondary N) is 1. The first-order valence-electron chi connectivity index (χ1n) is 10.2. The van der Waals surface area contributed by atoms with Crippen LogP contribution < -0.4 is 4.90 Å². The van der Waals surface area contributed by atoms with Gasteiger partial charge in [-0.3, -0.25) is 14.8 Å². The van der Waals surface area contributed by atoms with Crippen LogP contribution in [0.2, 0.25) is 0 Å². The van der Waals surface area contributed by atoms with Gasteiger partial charge in [0.1, 0.15) is 5.69 Å². The first-order chi connectivity index (χ1) is 13.0. The van der Waals surface area contributed by atoms with Crippen molar-refractivity contribution < 1.29 is 4.79 Å². The number of carbonyl (C=O) groups excluding carboxylic acids is 1. The second-order valence-electron chi connectivity index (χ2n) is 8.26. The number of likely N-dealkylation sites (tertiary alicyclic amines) is 1. The van der Waals surface area contributed by atoms with Gasteiger partial charge in [-0.2, -0.15) is 5.10 Å². The molecular weight excluding hydrogens is 336 g/mol. The molecule has 144 valence electrons. The molecule has 1 aromatic carbocycles. The number of aryl methyl sites for hydroxylation is 2. The molecule has 4 rings (SSSR count). The highest BCUT2D eigenvalue weighted by Crippen LogP contribution is 2.29. The van der Waals surface area contributed by atoms with Gasteiger partial charge in [-0.05, 0) is 75.9 Å². The van der Waals surface area contributed by atoms with E-state index in [1.807, 2.05) is 13.0 Å². The van der Waals surface area contributed by atoms with Crippen LogP contribution in [-0.4, -0.2) is 52.6 Å². The lowest BCUT2D eigenvalue weighted by atomic mass is 10.0. The lowest BCUT2D eigenvalue weighted by molar-refractivity contribution is 0.0988. The maximum atomic E-state index is 12.4. The van der Waals surface area contributed by atoms with Crippen molar-refractivity contribution >= 4 is 11.5 Å². The standard InChI is InChI=1S/C22H30N4O/c1-15-11-19(25-10-8-20(14-25)26-9-4-5-17(26)3)7-6-18(15)13-22(27)21-12-16(2)23-24-21/h6-7,11-12,17,20H,4-5,8-10,13-14H2,1-3H3,(H,23,24). The van der Waals surface area contributed by atoms with E-state index in [-0.39, 0.29) is 5.78 Å². The number of H-pyrrole nitrogens is 1. The van der Waals surface area contributed by atoms with E-state index in [0.29, 0.717) is 18.2 Å². The molecule has 1 aromatic heterocycles. The van der Waals surface area contributed by atoms with Crippen LogP contribution in [0.3, 0.4) is 0 Å². The average molecular weight is 367 g/mol. The molecule has 2 aromatic rings. The van der Waals surface area contributed by atoms with Crippen molar-refractivity contribution in [3.05, 3.63) is 46.8 Å². The van der Waals surface area contributed by atoms with Gasteiger partial charge in [0.15, 0.2) is 5.78 Å². The number of hydrogen-bond donors (Lipinski definition) is 1. The minimum absolute atomic E-state index is 0.0689. The fourth-order valence-corrected chi connectivity index (χ4v) is 4.64. The highest BCUT2D eigenvalue weighted by molar-refractivity contribution is 5.96. The van der Waals surface area contributed by atoms with Gasteiger partial charge in [0.2, 0.25) is 0 Å². The van der Waals surface area contributed by atoms with Gasteiger partial charge < -0.3 is 4.90 Å². The Morgan fingerprint density at radius 3 is 2.74 bits per heavy atom. The topological polar surface area (TPSA) is 52.2 Å². The summed E-state index contributed by atoms with van der Waals surface area (Å²) in [4.78, 5) is 17.6. The van der Waals surface area contributed by atoms with E-state index in [2.05, 4.69) is 52.0 Å². The molecule has 0 aliphatic carbocycles. The minimum atomic E-state index is 0.0689. The smallest absolute Gasteiger partial charge is 0.187 e. The normalized spacial score (nSPS) is 23.3. The Balaban J connectivity index is 1.42. The molecule has 1 N–H and O–H groups in total. The van der Waals surface area contributed by atoms with Crippen molar-refractivity contribution in [3.8, 4) is 0 Å². The first kappa shape index (κ1) is 18.2. The van der Waals surface area contributed by atoms with Crippen LogP contribution in [0.1, 0.15) is 53.5 Å². The minimum Gasteiger partial charge on any atom is -0.370 e. The Bertz CT molecular complexity index is 827. The third-order valence-electron chi connectivity index (χ3n) is 6.27. The third kappa shape index (κ3) is 3.79. The second-order valence-corrected chi connectivity index (χ2v) is 8.26. The summed E-state index contributed by atoms with van der Waals surface area (Å²) in [6.45, 7) is 9.89. The summed E-state index contributed by atoms with van der Waals surface area (Å²) in [6, 6.07) is 9.78. The highest BCUT2D eigenvalue weighted by atomic mass is 16.1. The maximum absolute atomic E-state index is 12.4. The Labute approximate surface area is 161 Å². The molecule has 0 amide bonds. The van der Waals surface area contributed by atoms with Crippen molar-refractivity contribution in [1.82, 2.24) is 15.1 Å². The lowest BCUT2D eigenvalue weighted by Crippen LogP contribution is -2.39. The molecule has 0 spiro atoms. The number of benzene rings is 1. The largest absolute Gasteiger partial charge is 0.370 e. The van der Waals surface area contributed by atoms with Crippen LogP contribution in [0.5, 0.6) is 0 Å². The van der Waals surface area contributed by atoms with Gasteiger partial charge in [0.05, 0.1) is 0 Å². The predicted octanol–water partition coefficient (Wildman–Crippen LogP) is 3.51. The zero-order valence-corrected chi connectivity index (χ0v) is 16.7. The highest BCUT2D eigenvalue weighted by Gasteiger charge is 2.32. The quantitative estimate of drug-likeness (QED) is 0.823. The monoisotopic (exact) mass is 366 g/mol. The number of ketones is 1. The van der Waals surface area contributed by atoms with Crippen LogP contribution in [0.25, 0.3) is 0 Å². The number of Topliss-reactive ketones (excluding diaryl/α,β-unsaturated/α-hetero) is 1. The Hall–Kier alpha value is -2.14. The first-order valence-corrected chi connectivity index (χ1v) is 10.2. The predicted molar refractivity (Wildman–Crippen MR) is 109 cm³/mol. The second kappa shape index (κ2) is 7.47. The van der Waals surface area contributed by atoms with E-state index in [1.54, 1.807) is 0 Å². The van der Waals surface area contributed by atoms with E-state index >= 15 is 0 Å². The van der Waals surface area contributed by atoms with Gasteiger partial charge in [0.25, 0.3) is 0 Å². The number of nitrogens with zero attached hydrogens (tertiary/aromatic N) is 3. The van der Waals surface area contributed by atoms with Crippen LogP contribution >= 0.6 is 0 Å². The van der Waals surface area contributed by atoms with Gasteiger partial charge in [-0.1, -0.05) is 6.07 Å². The van der Waals surface area contributed by atoms with E-state index in [4.69, 9.17) is 0 Å². The molecule has 0 radical (unpaired) electrons. The van der Waals surface area contributed by atoms with Gasteiger partial charge in [0, 0.05) is 43.0 Å². The molecule has 2 atom stereocenters. The number of aromatic amines is 1. The fourth-order valence-electron chi connectivity index (χ4n) is 4.64. The number of hydrogen-bond acceptors (Lipinski definition) is 4. The van der Waals surface area contributed by atoms with Crippen LogP contribution in [0, 0.1) is 13.8 Å². The van der Waals surface area contributed by atoms with Crippen LogP contribution in [-0.2, 0) is 6.42 Å². The summed E-state index contributed by atoms with van der Waals surface area (Å²) in [6.07, 6.45) is 4.34. The van der Waals surface area contributed by atoms with Crippen molar-refractivity contribution in [1.29, 1.82) is 0 Å². The summed E-state index contributed by atoms with van der Waals surface area (Å²) in [5.74, 6) is 0.0689. The molecule has 0 saturated carbocycles. The van der Waals surface area contributed by atoms with Crippen molar-refractivity contribution in [2.75, 3.05) is 24.5 Å². The maximum Gasteiger partial charge on any atom is 0.187 e. The van der Waals surface area contributed by atoms with Crippen molar-refractivity contribution in [2.24, 2.45) is 0 Å². The van der Waals surface area contributed by atoms with Crippen molar-refractivity contribution in [3.63, 3.8) is 0 Å². The number of rotatable bonds is 5. The molecule has 0 bridgehead atoms. The molecule has 2 aliphatic heterocycles. The Morgan fingerprint density at radius 2 is 2.07 bits per heavy atom. The third-order valence-corrected chi connectivity index (χ3v) is 6.27. The van der Waals surface area contributed by atoms with Crippen molar-refractivity contribution in [2.45, 2.75) is 58.5 Å². The van der Waals surface area contributed by atoms with Crippen LogP contribution in [0.4, 0.5) is 5.69 Å². The zero-order valence-electron chi connectivity index (χ0n) is 16.7. The molecule has 2 aliphatic rings. The van der Waals surface area contributed by atoms with E-state index in [1.165, 1.54) is 37.1 Å². The molecule has 2 saturated heterocycles. The summed E-state index contributed by atoms with van der Waals surface area (Å²) in [5.41, 5.74) is 5.01. The van der Waals surface area contributed by atoms with E-state index < -0.39 is 0 Å². The van der Waals surface area contributed by atoms with E-state index in [9.17, 15) is 4.79 Å². The fraction of sp³-hybridized carbons (Fsp3) is 0.545. The van der Waals surface area contributed by atoms with Gasteiger partial charge >= 0.3 is 0 Å². The number of anilines is 1. The summed E-state index contributed by atoms with van der Waals surface area (Å²) < 4.78 is 0. The summed E-state index contributed by atoms with van der Waals surface area (Å²) in [5, 5.41) is 6.93. The Kier molecular flexibility index (Phi) is 5.04. The van der Waals surface area contributed by atoms with Gasteiger partial charge in [-0.15, -0.1) is 0 Å². The Morgan fingerprint density at radius 1 is 1.22 bits per heavy atom. The summed E-state index contributed by atoms with van der Waals surface area (Å²) in [7, 11) is 0. The molecule has 3 heterocycles. The molecule has 5 heteroatoms.